The number of nitrogens with two attached hydrogens (primary N) is 2. The standard InChI is InChI=1S/C11H26N2/c1-3-10(6-5-8-12)11(4-2)7-9-13/h10-11H,3-9,12-13H2,1-2H3. The van der Waals surface area contributed by atoms with E-state index in [1.807, 2.05) is 0 Å². The lowest BCUT2D eigenvalue weighted by Gasteiger charge is -2.24. The number of rotatable bonds is 8. The van der Waals surface area contributed by atoms with E-state index >= 15 is 0 Å². The quantitative estimate of drug-likeness (QED) is 0.610. The average Bonchev–Trinajstić information content (AvgIpc) is 2.17. The summed E-state index contributed by atoms with van der Waals surface area (Å²) >= 11 is 0. The third-order valence-electron chi connectivity index (χ3n) is 3.03. The molecule has 2 heteroatoms. The molecule has 0 aliphatic heterocycles. The van der Waals surface area contributed by atoms with Crippen LogP contribution in [0.3, 0.4) is 0 Å². The predicted molar refractivity (Wildman–Crippen MR) is 59.5 cm³/mol. The Bertz CT molecular complexity index is 104. The Balaban J connectivity index is 3.84. The van der Waals surface area contributed by atoms with Crippen molar-refractivity contribution in [1.29, 1.82) is 0 Å². The first-order valence-electron chi connectivity index (χ1n) is 5.70. The summed E-state index contributed by atoms with van der Waals surface area (Å²) in [5, 5.41) is 0. The Morgan fingerprint density at radius 1 is 0.846 bits per heavy atom. The van der Waals surface area contributed by atoms with Crippen molar-refractivity contribution in [3.8, 4) is 0 Å². The Kier molecular flexibility index (Phi) is 8.46. The van der Waals surface area contributed by atoms with Gasteiger partial charge in [0.15, 0.2) is 0 Å². The average molecular weight is 186 g/mol. The van der Waals surface area contributed by atoms with Gasteiger partial charge in [-0.2, -0.15) is 0 Å². The van der Waals surface area contributed by atoms with Crippen molar-refractivity contribution in [2.45, 2.75) is 46.0 Å². The summed E-state index contributed by atoms with van der Waals surface area (Å²) < 4.78 is 0. The summed E-state index contributed by atoms with van der Waals surface area (Å²) in [6, 6.07) is 0. The molecule has 0 rings (SSSR count). The van der Waals surface area contributed by atoms with Crippen LogP contribution >= 0.6 is 0 Å². The van der Waals surface area contributed by atoms with Crippen LogP contribution in [0.5, 0.6) is 0 Å². The molecule has 0 aromatic heterocycles. The summed E-state index contributed by atoms with van der Waals surface area (Å²) in [6.07, 6.45) is 6.17. The molecule has 2 nitrogen and oxygen atoms in total. The number of hydrogen-bond acceptors (Lipinski definition) is 2. The molecule has 0 heterocycles. The predicted octanol–water partition coefficient (Wildman–Crippen LogP) is 2.13. The normalized spacial score (nSPS) is 15.7. The summed E-state index contributed by atoms with van der Waals surface area (Å²) in [7, 11) is 0. The molecule has 0 fully saturated rings. The molecule has 2 unspecified atom stereocenters. The second kappa shape index (κ2) is 8.52. The molecule has 0 bridgehead atoms. The Morgan fingerprint density at radius 2 is 1.38 bits per heavy atom. The maximum atomic E-state index is 5.60. The van der Waals surface area contributed by atoms with Gasteiger partial charge in [0.1, 0.15) is 0 Å². The van der Waals surface area contributed by atoms with Crippen LogP contribution < -0.4 is 11.5 Å². The van der Waals surface area contributed by atoms with Crippen LogP contribution in [-0.4, -0.2) is 13.1 Å². The zero-order valence-corrected chi connectivity index (χ0v) is 9.26. The Hall–Kier alpha value is -0.0800. The van der Waals surface area contributed by atoms with E-state index < -0.39 is 0 Å². The monoisotopic (exact) mass is 186 g/mol. The minimum absolute atomic E-state index is 0.821. The third kappa shape index (κ3) is 5.27. The molecular formula is C11H26N2. The molecule has 13 heavy (non-hydrogen) atoms. The second-order valence-corrected chi connectivity index (χ2v) is 3.84. The molecule has 0 amide bonds. The molecule has 0 aliphatic carbocycles. The van der Waals surface area contributed by atoms with Gasteiger partial charge in [0.05, 0.1) is 0 Å². The Labute approximate surface area is 83.1 Å². The molecule has 0 aromatic carbocycles. The number of hydrogen-bond donors (Lipinski definition) is 2. The van der Waals surface area contributed by atoms with Crippen molar-refractivity contribution >= 4 is 0 Å². The van der Waals surface area contributed by atoms with Crippen molar-refractivity contribution in [3.63, 3.8) is 0 Å². The first-order chi connectivity index (χ1) is 6.29. The lowest BCUT2D eigenvalue weighted by atomic mass is 9.82. The Morgan fingerprint density at radius 3 is 1.77 bits per heavy atom. The van der Waals surface area contributed by atoms with Gasteiger partial charge in [-0.25, -0.2) is 0 Å². The molecule has 0 aliphatic rings. The van der Waals surface area contributed by atoms with Gasteiger partial charge in [0.25, 0.3) is 0 Å². The highest BCUT2D eigenvalue weighted by Crippen LogP contribution is 2.26. The lowest BCUT2D eigenvalue weighted by Crippen LogP contribution is -2.18. The van der Waals surface area contributed by atoms with Gasteiger partial charge in [-0.05, 0) is 44.2 Å². The van der Waals surface area contributed by atoms with Gasteiger partial charge >= 0.3 is 0 Å². The molecular weight excluding hydrogens is 160 g/mol. The van der Waals surface area contributed by atoms with Gasteiger partial charge < -0.3 is 11.5 Å². The SMILES string of the molecule is CCC(CCN)C(CC)CCCN. The third-order valence-corrected chi connectivity index (χ3v) is 3.03. The van der Waals surface area contributed by atoms with Crippen LogP contribution in [0.1, 0.15) is 46.0 Å². The van der Waals surface area contributed by atoms with Crippen LogP contribution in [-0.2, 0) is 0 Å². The van der Waals surface area contributed by atoms with Crippen molar-refractivity contribution in [2.24, 2.45) is 23.3 Å². The van der Waals surface area contributed by atoms with Gasteiger partial charge in [-0.1, -0.05) is 26.7 Å². The van der Waals surface area contributed by atoms with Crippen LogP contribution in [0, 0.1) is 11.8 Å². The van der Waals surface area contributed by atoms with Crippen LogP contribution in [0.15, 0.2) is 0 Å². The van der Waals surface area contributed by atoms with Crippen LogP contribution in [0.4, 0.5) is 0 Å². The van der Waals surface area contributed by atoms with Crippen molar-refractivity contribution in [2.75, 3.05) is 13.1 Å². The zero-order chi connectivity index (χ0) is 10.1. The van der Waals surface area contributed by atoms with E-state index in [0.29, 0.717) is 0 Å². The highest BCUT2D eigenvalue weighted by atomic mass is 14.5. The van der Waals surface area contributed by atoms with E-state index in [0.717, 1.165) is 24.9 Å². The fourth-order valence-corrected chi connectivity index (χ4v) is 2.14. The fraction of sp³-hybridized carbons (Fsp3) is 1.00. The smallest absolute Gasteiger partial charge is 0.00745 e. The summed E-state index contributed by atoms with van der Waals surface area (Å²) in [4.78, 5) is 0. The molecule has 0 radical (unpaired) electrons. The largest absolute Gasteiger partial charge is 0.330 e. The molecule has 0 spiro atoms. The maximum Gasteiger partial charge on any atom is -0.00745 e. The van der Waals surface area contributed by atoms with Crippen molar-refractivity contribution in [1.82, 2.24) is 0 Å². The van der Waals surface area contributed by atoms with E-state index in [-0.39, 0.29) is 0 Å². The van der Waals surface area contributed by atoms with E-state index in [1.165, 1.54) is 32.1 Å². The lowest BCUT2D eigenvalue weighted by molar-refractivity contribution is 0.277. The highest BCUT2D eigenvalue weighted by molar-refractivity contribution is 4.68. The van der Waals surface area contributed by atoms with E-state index in [1.54, 1.807) is 0 Å². The van der Waals surface area contributed by atoms with Crippen LogP contribution in [0.25, 0.3) is 0 Å². The fourth-order valence-electron chi connectivity index (χ4n) is 2.14. The zero-order valence-electron chi connectivity index (χ0n) is 9.26. The molecule has 0 saturated carbocycles. The van der Waals surface area contributed by atoms with Crippen LogP contribution in [0.2, 0.25) is 0 Å². The minimum Gasteiger partial charge on any atom is -0.330 e. The molecule has 0 saturated heterocycles. The van der Waals surface area contributed by atoms with Gasteiger partial charge in [-0.3, -0.25) is 0 Å². The van der Waals surface area contributed by atoms with Gasteiger partial charge in [0.2, 0.25) is 0 Å². The van der Waals surface area contributed by atoms with Gasteiger partial charge in [0, 0.05) is 0 Å². The maximum absolute atomic E-state index is 5.60. The minimum atomic E-state index is 0.821. The van der Waals surface area contributed by atoms with Gasteiger partial charge in [-0.15, -0.1) is 0 Å². The first kappa shape index (κ1) is 12.9. The first-order valence-corrected chi connectivity index (χ1v) is 5.70. The van der Waals surface area contributed by atoms with E-state index in [9.17, 15) is 0 Å². The molecule has 4 N–H and O–H groups in total. The van der Waals surface area contributed by atoms with E-state index in [4.69, 9.17) is 11.5 Å². The highest BCUT2D eigenvalue weighted by Gasteiger charge is 2.16. The summed E-state index contributed by atoms with van der Waals surface area (Å²) in [5.41, 5.74) is 11.1. The molecule has 0 aromatic rings. The molecule has 2 atom stereocenters. The van der Waals surface area contributed by atoms with E-state index in [2.05, 4.69) is 13.8 Å². The summed E-state index contributed by atoms with van der Waals surface area (Å²) in [6.45, 7) is 6.21. The van der Waals surface area contributed by atoms with Crippen molar-refractivity contribution in [3.05, 3.63) is 0 Å². The van der Waals surface area contributed by atoms with Crippen molar-refractivity contribution < 1.29 is 0 Å². The topological polar surface area (TPSA) is 52.0 Å². The summed E-state index contributed by atoms with van der Waals surface area (Å²) in [5.74, 6) is 1.67. The second-order valence-electron chi connectivity index (χ2n) is 3.84. The molecule has 80 valence electrons.